The van der Waals surface area contributed by atoms with Crippen LogP contribution in [0.25, 0.3) is 22.3 Å². The number of anilines is 4. The Labute approximate surface area is 244 Å². The van der Waals surface area contributed by atoms with Gasteiger partial charge in [-0.3, -0.25) is 19.2 Å². The molecule has 0 unspecified atom stereocenters. The Kier molecular flexibility index (Phi) is 5.70. The van der Waals surface area contributed by atoms with Gasteiger partial charge in [-0.05, 0) is 82.9 Å². The Bertz CT molecular complexity index is 2040. The van der Waals surface area contributed by atoms with Gasteiger partial charge in [-0.15, -0.1) is 0 Å². The molecule has 0 radical (unpaired) electrons. The number of rotatable bonds is 4. The summed E-state index contributed by atoms with van der Waals surface area (Å²) >= 11 is 0. The molecule has 4 N–H and O–H groups in total. The van der Waals surface area contributed by atoms with E-state index in [2.05, 4.69) is 0 Å². The van der Waals surface area contributed by atoms with Crippen LogP contribution in [0.4, 0.5) is 27.1 Å². The number of amides is 4. The second-order valence-corrected chi connectivity index (χ2v) is 10.3. The summed E-state index contributed by atoms with van der Waals surface area (Å²) in [6, 6.07) is 27.4. The fraction of sp³-hybridized carbons (Fsp3) is 0. The summed E-state index contributed by atoms with van der Waals surface area (Å²) in [5.41, 5.74) is 16.1. The van der Waals surface area contributed by atoms with Crippen molar-refractivity contribution in [2.75, 3.05) is 21.3 Å². The maximum atomic E-state index is 15.6. The Hall–Kier alpha value is -6.09. The topological polar surface area (TPSA) is 127 Å². The van der Waals surface area contributed by atoms with Crippen LogP contribution in [0.3, 0.4) is 0 Å². The number of nitrogens with two attached hydrogens (primary N) is 2. The van der Waals surface area contributed by atoms with Gasteiger partial charge in [-0.1, -0.05) is 36.4 Å². The third-order valence-corrected chi connectivity index (χ3v) is 7.69. The molecule has 0 spiro atoms. The van der Waals surface area contributed by atoms with Crippen molar-refractivity contribution in [1.29, 1.82) is 0 Å². The van der Waals surface area contributed by atoms with Crippen LogP contribution in [0.1, 0.15) is 41.4 Å². The maximum Gasteiger partial charge on any atom is 0.266 e. The first-order chi connectivity index (χ1) is 20.7. The van der Waals surface area contributed by atoms with Crippen molar-refractivity contribution in [3.05, 3.63) is 131 Å². The van der Waals surface area contributed by atoms with Gasteiger partial charge >= 0.3 is 0 Å². The van der Waals surface area contributed by atoms with Crippen LogP contribution in [0, 0.1) is 5.82 Å². The molecule has 2 heterocycles. The quantitative estimate of drug-likeness (QED) is 0.205. The van der Waals surface area contributed by atoms with Crippen LogP contribution in [0.2, 0.25) is 0 Å². The lowest BCUT2D eigenvalue weighted by molar-refractivity contribution is 0.0908. The van der Waals surface area contributed by atoms with Crippen molar-refractivity contribution >= 4 is 46.4 Å². The molecule has 5 aromatic rings. The average Bonchev–Trinajstić information content (AvgIpc) is 3.41. The molecule has 5 aromatic carbocycles. The number of carbonyl (C=O) groups is 4. The van der Waals surface area contributed by atoms with Crippen LogP contribution in [0.15, 0.2) is 103 Å². The Morgan fingerprint density at radius 2 is 0.860 bits per heavy atom. The molecular formula is C34H21FN4O4. The van der Waals surface area contributed by atoms with E-state index in [-0.39, 0.29) is 33.6 Å². The fourth-order valence-corrected chi connectivity index (χ4v) is 5.46. The van der Waals surface area contributed by atoms with Crippen LogP contribution in [0.5, 0.6) is 0 Å². The van der Waals surface area contributed by atoms with Gasteiger partial charge in [-0.2, -0.15) is 0 Å². The fourth-order valence-electron chi connectivity index (χ4n) is 5.46. The minimum Gasteiger partial charge on any atom is -0.399 e. The molecule has 208 valence electrons. The summed E-state index contributed by atoms with van der Waals surface area (Å²) < 4.78 is 15.6. The molecule has 9 heteroatoms. The monoisotopic (exact) mass is 568 g/mol. The van der Waals surface area contributed by atoms with Gasteiger partial charge in [0.1, 0.15) is 5.82 Å². The number of imide groups is 2. The molecule has 2 aliphatic rings. The van der Waals surface area contributed by atoms with Gasteiger partial charge in [-0.25, -0.2) is 14.2 Å². The van der Waals surface area contributed by atoms with E-state index in [4.69, 9.17) is 11.5 Å². The predicted octanol–water partition coefficient (Wildman–Crippen LogP) is 5.93. The number of benzene rings is 5. The summed E-state index contributed by atoms with van der Waals surface area (Å²) in [5, 5.41) is 0. The van der Waals surface area contributed by atoms with E-state index in [1.165, 1.54) is 18.2 Å². The first-order valence-electron chi connectivity index (χ1n) is 13.3. The smallest absolute Gasteiger partial charge is 0.266 e. The molecule has 0 bridgehead atoms. The number of fused-ring (bicyclic) bond motifs is 2. The molecule has 7 rings (SSSR count). The number of hydrogen-bond acceptors (Lipinski definition) is 6. The Morgan fingerprint density at radius 3 is 1.35 bits per heavy atom. The van der Waals surface area contributed by atoms with Crippen molar-refractivity contribution in [1.82, 2.24) is 0 Å². The van der Waals surface area contributed by atoms with Gasteiger partial charge in [0.2, 0.25) is 0 Å². The normalized spacial score (nSPS) is 14.0. The third kappa shape index (κ3) is 4.06. The molecule has 0 atom stereocenters. The van der Waals surface area contributed by atoms with Gasteiger partial charge in [0, 0.05) is 17.4 Å². The molecule has 0 aromatic heterocycles. The van der Waals surface area contributed by atoms with E-state index in [9.17, 15) is 19.2 Å². The third-order valence-electron chi connectivity index (χ3n) is 7.69. The number of halogens is 1. The van der Waals surface area contributed by atoms with E-state index in [0.717, 1.165) is 27.0 Å². The van der Waals surface area contributed by atoms with Gasteiger partial charge in [0.05, 0.1) is 33.6 Å². The number of nitrogens with zero attached hydrogens (tertiary/aromatic N) is 2. The van der Waals surface area contributed by atoms with Crippen LogP contribution >= 0.6 is 0 Å². The lowest BCUT2D eigenvalue weighted by atomic mass is 10.00. The maximum absolute atomic E-state index is 15.6. The van der Waals surface area contributed by atoms with Crippen LogP contribution < -0.4 is 21.3 Å². The number of hydrogen-bond donors (Lipinski definition) is 2. The highest BCUT2D eigenvalue weighted by atomic mass is 19.1. The molecular weight excluding hydrogens is 547 g/mol. The summed E-state index contributed by atoms with van der Waals surface area (Å²) in [7, 11) is 0. The molecule has 0 fully saturated rings. The first kappa shape index (κ1) is 25.8. The van der Waals surface area contributed by atoms with Crippen molar-refractivity contribution in [3.8, 4) is 22.3 Å². The molecule has 8 nitrogen and oxygen atoms in total. The molecule has 43 heavy (non-hydrogen) atoms. The highest BCUT2D eigenvalue weighted by Gasteiger charge is 2.40. The van der Waals surface area contributed by atoms with Gasteiger partial charge < -0.3 is 11.5 Å². The van der Waals surface area contributed by atoms with E-state index in [1.807, 2.05) is 12.1 Å². The minimum absolute atomic E-state index is 0.0243. The second-order valence-electron chi connectivity index (χ2n) is 10.3. The standard InChI is InChI=1S/C34H21FN4O4/c35-29-17-24(38-31(40)25-12-5-20(15-27(25)33(38)42)18-1-7-22(36)8-2-18)11-14-30(29)39-32(41)26-13-6-21(16-28(26)34(39)43)19-3-9-23(37)10-4-19/h1-17H,36-37H2. The highest BCUT2D eigenvalue weighted by Crippen LogP contribution is 2.37. The second kappa shape index (κ2) is 9.49. The summed E-state index contributed by atoms with van der Waals surface area (Å²) in [5.74, 6) is -3.51. The zero-order valence-corrected chi connectivity index (χ0v) is 22.4. The Morgan fingerprint density at radius 1 is 0.442 bits per heavy atom. The van der Waals surface area contributed by atoms with E-state index in [0.29, 0.717) is 22.5 Å². The van der Waals surface area contributed by atoms with Gasteiger partial charge in [0.15, 0.2) is 0 Å². The molecule has 0 saturated heterocycles. The number of carbonyl (C=O) groups excluding carboxylic acids is 4. The molecule has 4 amide bonds. The van der Waals surface area contributed by atoms with Crippen molar-refractivity contribution < 1.29 is 23.6 Å². The van der Waals surface area contributed by atoms with Gasteiger partial charge in [0.25, 0.3) is 23.6 Å². The molecule has 2 aliphatic heterocycles. The zero-order valence-electron chi connectivity index (χ0n) is 22.4. The average molecular weight is 569 g/mol. The minimum atomic E-state index is -0.940. The van der Waals surface area contributed by atoms with Crippen molar-refractivity contribution in [3.63, 3.8) is 0 Å². The van der Waals surface area contributed by atoms with Crippen LogP contribution in [-0.4, -0.2) is 23.6 Å². The highest BCUT2D eigenvalue weighted by molar-refractivity contribution is 6.36. The van der Waals surface area contributed by atoms with E-state index < -0.39 is 29.4 Å². The summed E-state index contributed by atoms with van der Waals surface area (Å²) in [6.45, 7) is 0. The predicted molar refractivity (Wildman–Crippen MR) is 161 cm³/mol. The molecule has 0 aliphatic carbocycles. The SMILES string of the molecule is Nc1ccc(-c2ccc3c(c2)C(=O)N(c2ccc(N4C(=O)c5ccc(-c6ccc(N)cc6)cc5C4=O)c(F)c2)C3=O)cc1. The lowest BCUT2D eigenvalue weighted by Gasteiger charge is -2.18. The van der Waals surface area contributed by atoms with E-state index >= 15 is 4.39 Å². The summed E-state index contributed by atoms with van der Waals surface area (Å²) in [6.07, 6.45) is 0. The number of nitrogen functional groups attached to an aromatic ring is 2. The Balaban J connectivity index is 1.18. The van der Waals surface area contributed by atoms with Crippen LogP contribution in [-0.2, 0) is 0 Å². The van der Waals surface area contributed by atoms with Crippen molar-refractivity contribution in [2.24, 2.45) is 0 Å². The zero-order chi connectivity index (χ0) is 30.0. The largest absolute Gasteiger partial charge is 0.399 e. The van der Waals surface area contributed by atoms with E-state index in [1.54, 1.807) is 66.7 Å². The summed E-state index contributed by atoms with van der Waals surface area (Å²) in [4.78, 5) is 54.8. The first-order valence-corrected chi connectivity index (χ1v) is 13.3. The van der Waals surface area contributed by atoms with Crippen molar-refractivity contribution in [2.45, 2.75) is 0 Å². The lowest BCUT2D eigenvalue weighted by Crippen LogP contribution is -2.31. The molecule has 0 saturated carbocycles.